The molecule has 0 spiro atoms. The SMILES string of the molecule is C/C=C/C[P+](c1ccccc1)(c1ccccc1)c1cccc2ccccc12. The van der Waals surface area contributed by atoms with Crippen molar-refractivity contribution in [1.82, 2.24) is 0 Å². The van der Waals surface area contributed by atoms with Crippen LogP contribution < -0.4 is 15.9 Å². The highest BCUT2D eigenvalue weighted by atomic mass is 31.2. The molecule has 0 aliphatic rings. The van der Waals surface area contributed by atoms with E-state index in [-0.39, 0.29) is 0 Å². The Balaban J connectivity index is 2.12. The number of fused-ring (bicyclic) bond motifs is 1. The van der Waals surface area contributed by atoms with Gasteiger partial charge in [0.05, 0.1) is 6.16 Å². The molecule has 0 aromatic heterocycles. The molecule has 0 N–H and O–H groups in total. The zero-order valence-corrected chi connectivity index (χ0v) is 16.5. The fourth-order valence-electron chi connectivity index (χ4n) is 3.91. The highest BCUT2D eigenvalue weighted by Gasteiger charge is 2.45. The third kappa shape index (κ3) is 3.22. The lowest BCUT2D eigenvalue weighted by molar-refractivity contribution is 1.61. The van der Waals surface area contributed by atoms with Crippen LogP contribution >= 0.6 is 7.26 Å². The lowest BCUT2D eigenvalue weighted by atomic mass is 10.1. The first-order valence-corrected chi connectivity index (χ1v) is 11.4. The second kappa shape index (κ2) is 7.91. The van der Waals surface area contributed by atoms with Crippen LogP contribution in [0.4, 0.5) is 0 Å². The molecule has 0 saturated heterocycles. The van der Waals surface area contributed by atoms with E-state index in [9.17, 15) is 0 Å². The molecule has 0 saturated carbocycles. The maximum atomic E-state index is 2.35. The van der Waals surface area contributed by atoms with E-state index in [1.54, 1.807) is 0 Å². The van der Waals surface area contributed by atoms with Gasteiger partial charge in [0.1, 0.15) is 23.2 Å². The van der Waals surface area contributed by atoms with Gasteiger partial charge in [0.15, 0.2) is 0 Å². The third-order valence-corrected chi connectivity index (χ3v) is 9.52. The summed E-state index contributed by atoms with van der Waals surface area (Å²) in [5, 5.41) is 7.02. The molecule has 0 atom stereocenters. The van der Waals surface area contributed by atoms with E-state index in [1.807, 2.05) is 0 Å². The molecule has 4 rings (SSSR count). The predicted octanol–water partition coefficient (Wildman–Crippen LogP) is 5.71. The fraction of sp³-hybridized carbons (Fsp3) is 0.0769. The molecule has 0 bridgehead atoms. The van der Waals surface area contributed by atoms with Gasteiger partial charge in [-0.3, -0.25) is 0 Å². The van der Waals surface area contributed by atoms with Gasteiger partial charge in [-0.05, 0) is 42.6 Å². The minimum atomic E-state index is -1.80. The molecule has 0 aliphatic heterocycles. The minimum Gasteiger partial charge on any atom is -0.0880 e. The minimum absolute atomic E-state index is 1.03. The van der Waals surface area contributed by atoms with Crippen molar-refractivity contribution in [2.75, 3.05) is 6.16 Å². The van der Waals surface area contributed by atoms with Crippen LogP contribution in [0.1, 0.15) is 6.92 Å². The van der Waals surface area contributed by atoms with Gasteiger partial charge in [-0.15, -0.1) is 0 Å². The summed E-state index contributed by atoms with van der Waals surface area (Å²) in [6.45, 7) is 2.12. The Morgan fingerprint density at radius 3 is 1.81 bits per heavy atom. The van der Waals surface area contributed by atoms with Crippen LogP contribution in [-0.2, 0) is 0 Å². The quantitative estimate of drug-likeness (QED) is 0.313. The molecule has 1 heteroatoms. The van der Waals surface area contributed by atoms with Crippen LogP contribution in [0.15, 0.2) is 115 Å². The summed E-state index contributed by atoms with van der Waals surface area (Å²) >= 11 is 0. The molecule has 27 heavy (non-hydrogen) atoms. The van der Waals surface area contributed by atoms with Gasteiger partial charge in [-0.2, -0.15) is 0 Å². The molecule has 0 nitrogen and oxygen atoms in total. The molecular weight excluding hydrogens is 343 g/mol. The largest absolute Gasteiger partial charge is 0.116 e. The smallest absolute Gasteiger partial charge is 0.0880 e. The van der Waals surface area contributed by atoms with E-state index < -0.39 is 7.26 Å². The second-order valence-corrected chi connectivity index (χ2v) is 10.2. The summed E-state index contributed by atoms with van der Waals surface area (Å²) in [5.41, 5.74) is 0. The van der Waals surface area contributed by atoms with Crippen molar-refractivity contribution in [3.8, 4) is 0 Å². The summed E-state index contributed by atoms with van der Waals surface area (Å²) in [6, 6.07) is 37.7. The lowest BCUT2D eigenvalue weighted by Crippen LogP contribution is -2.33. The summed E-state index contributed by atoms with van der Waals surface area (Å²) in [6.07, 6.45) is 5.56. The predicted molar refractivity (Wildman–Crippen MR) is 122 cm³/mol. The van der Waals surface area contributed by atoms with Crippen LogP contribution in [0.25, 0.3) is 10.8 Å². The van der Waals surface area contributed by atoms with Gasteiger partial charge in [0.25, 0.3) is 0 Å². The Bertz CT molecular complexity index is 1000. The van der Waals surface area contributed by atoms with E-state index in [0.29, 0.717) is 0 Å². The van der Waals surface area contributed by atoms with Crippen LogP contribution in [0.5, 0.6) is 0 Å². The van der Waals surface area contributed by atoms with Crippen LogP contribution in [0.3, 0.4) is 0 Å². The Kier molecular flexibility index (Phi) is 5.19. The zero-order chi connectivity index (χ0) is 18.5. The Hall–Kier alpha value is -2.69. The van der Waals surface area contributed by atoms with Crippen LogP contribution in [0, 0.1) is 0 Å². The highest BCUT2D eigenvalue weighted by Crippen LogP contribution is 2.56. The first-order chi connectivity index (χ1) is 13.4. The molecule has 132 valence electrons. The topological polar surface area (TPSA) is 0 Å². The van der Waals surface area contributed by atoms with Gasteiger partial charge >= 0.3 is 0 Å². The molecule has 0 amide bonds. The monoisotopic (exact) mass is 367 g/mol. The number of hydrogen-bond acceptors (Lipinski definition) is 0. The molecule has 0 unspecified atom stereocenters. The average molecular weight is 367 g/mol. The number of hydrogen-bond donors (Lipinski definition) is 0. The lowest BCUT2D eigenvalue weighted by Gasteiger charge is -2.27. The molecular formula is C26H24P+. The van der Waals surface area contributed by atoms with E-state index >= 15 is 0 Å². The van der Waals surface area contributed by atoms with Crippen molar-refractivity contribution < 1.29 is 0 Å². The van der Waals surface area contributed by atoms with Crippen molar-refractivity contribution in [1.29, 1.82) is 0 Å². The molecule has 4 aromatic rings. The maximum absolute atomic E-state index is 2.35. The number of allylic oxidation sites excluding steroid dienone is 2. The highest BCUT2D eigenvalue weighted by molar-refractivity contribution is 7.96. The number of rotatable bonds is 5. The van der Waals surface area contributed by atoms with E-state index in [2.05, 4.69) is 122 Å². The van der Waals surface area contributed by atoms with Crippen molar-refractivity contribution in [2.45, 2.75) is 6.92 Å². The summed E-state index contributed by atoms with van der Waals surface area (Å²) in [5.74, 6) is 0. The molecule has 4 aromatic carbocycles. The Morgan fingerprint density at radius 2 is 1.19 bits per heavy atom. The molecule has 0 heterocycles. The molecule has 0 aliphatic carbocycles. The molecule has 0 fully saturated rings. The van der Waals surface area contributed by atoms with E-state index in [0.717, 1.165) is 6.16 Å². The van der Waals surface area contributed by atoms with Crippen LogP contribution in [0.2, 0.25) is 0 Å². The number of benzene rings is 4. The summed E-state index contributed by atoms with van der Waals surface area (Å²) < 4.78 is 0. The van der Waals surface area contributed by atoms with Gasteiger partial charge < -0.3 is 0 Å². The Labute approximate surface area is 162 Å². The third-order valence-electron chi connectivity index (χ3n) is 5.19. The van der Waals surface area contributed by atoms with Crippen molar-refractivity contribution in [3.63, 3.8) is 0 Å². The normalized spacial score (nSPS) is 11.9. The van der Waals surface area contributed by atoms with Crippen LogP contribution in [-0.4, -0.2) is 6.16 Å². The first kappa shape index (κ1) is 17.7. The van der Waals surface area contributed by atoms with Gasteiger partial charge in [-0.25, -0.2) is 0 Å². The van der Waals surface area contributed by atoms with Crippen molar-refractivity contribution in [2.24, 2.45) is 0 Å². The first-order valence-electron chi connectivity index (χ1n) is 9.45. The Morgan fingerprint density at radius 1 is 0.630 bits per heavy atom. The summed E-state index contributed by atoms with van der Waals surface area (Å²) in [7, 11) is -1.80. The standard InChI is InChI=1S/C26H24P/c1-2-3-21-27(23-15-6-4-7-16-23,24-17-8-5-9-18-24)26-20-12-14-22-13-10-11-19-25(22)26/h2-20H,21H2,1H3/q+1/b3-2+. The zero-order valence-electron chi connectivity index (χ0n) is 15.6. The van der Waals surface area contributed by atoms with Gasteiger partial charge in [-0.1, -0.05) is 84.9 Å². The fourth-order valence-corrected chi connectivity index (χ4v) is 8.22. The van der Waals surface area contributed by atoms with Gasteiger partial charge in [0, 0.05) is 5.39 Å². The average Bonchev–Trinajstić information content (AvgIpc) is 2.76. The maximum Gasteiger partial charge on any atom is 0.116 e. The second-order valence-electron chi connectivity index (χ2n) is 6.73. The van der Waals surface area contributed by atoms with Crippen molar-refractivity contribution >= 4 is 33.9 Å². The van der Waals surface area contributed by atoms with Gasteiger partial charge in [0.2, 0.25) is 0 Å². The van der Waals surface area contributed by atoms with Crippen molar-refractivity contribution in [3.05, 3.63) is 115 Å². The van der Waals surface area contributed by atoms with E-state index in [4.69, 9.17) is 0 Å². The van der Waals surface area contributed by atoms with E-state index in [1.165, 1.54) is 26.7 Å². The molecule has 0 radical (unpaired) electrons. The summed E-state index contributed by atoms with van der Waals surface area (Å²) in [4.78, 5) is 0.